The number of hydrogen-bond acceptors (Lipinski definition) is 2. The third kappa shape index (κ3) is 7.84. The van der Waals surface area contributed by atoms with Crippen LogP contribution in [0.3, 0.4) is 0 Å². The molecule has 0 aromatic carbocycles. The molecule has 0 rings (SSSR count). The molecule has 8 heteroatoms. The lowest BCUT2D eigenvalue weighted by Gasteiger charge is -2.18. The SMILES string of the molecule is CCC(=O)SCCC(F)(F)CCC(F)C(F)(F)F. The first-order chi connectivity index (χ1) is 8.08. The van der Waals surface area contributed by atoms with Crippen LogP contribution in [0.1, 0.15) is 32.6 Å². The van der Waals surface area contributed by atoms with Crippen molar-refractivity contribution in [2.45, 2.75) is 50.9 Å². The lowest BCUT2D eigenvalue weighted by atomic mass is 10.1. The summed E-state index contributed by atoms with van der Waals surface area (Å²) in [7, 11) is 0. The second-order valence-electron chi connectivity index (χ2n) is 3.73. The first-order valence-electron chi connectivity index (χ1n) is 5.32. The van der Waals surface area contributed by atoms with Gasteiger partial charge in [0, 0.05) is 25.0 Å². The van der Waals surface area contributed by atoms with E-state index in [2.05, 4.69) is 0 Å². The zero-order valence-corrected chi connectivity index (χ0v) is 10.5. The average Bonchev–Trinajstić information content (AvgIpc) is 2.24. The fraction of sp³-hybridized carbons (Fsp3) is 0.900. The summed E-state index contributed by atoms with van der Waals surface area (Å²) in [5.41, 5.74) is 0. The normalized spacial score (nSPS) is 14.6. The number of hydrogen-bond donors (Lipinski definition) is 0. The molecule has 0 aromatic heterocycles. The van der Waals surface area contributed by atoms with Crippen molar-refractivity contribution in [1.29, 1.82) is 0 Å². The molecule has 108 valence electrons. The summed E-state index contributed by atoms with van der Waals surface area (Å²) in [5, 5.41) is -0.260. The molecule has 0 aromatic rings. The van der Waals surface area contributed by atoms with E-state index >= 15 is 0 Å². The van der Waals surface area contributed by atoms with Gasteiger partial charge in [-0.3, -0.25) is 4.79 Å². The van der Waals surface area contributed by atoms with E-state index in [0.29, 0.717) is 11.8 Å². The molecule has 0 N–H and O–H groups in total. The molecule has 0 spiro atoms. The van der Waals surface area contributed by atoms with E-state index in [9.17, 15) is 31.1 Å². The third-order valence-electron chi connectivity index (χ3n) is 2.14. The maximum absolute atomic E-state index is 13.1. The molecule has 0 aliphatic heterocycles. The number of carbonyl (C=O) groups excluding carboxylic acids is 1. The van der Waals surface area contributed by atoms with E-state index in [1.807, 2.05) is 0 Å². The summed E-state index contributed by atoms with van der Waals surface area (Å²) in [6, 6.07) is 0. The van der Waals surface area contributed by atoms with Gasteiger partial charge in [-0.2, -0.15) is 13.2 Å². The molecule has 18 heavy (non-hydrogen) atoms. The van der Waals surface area contributed by atoms with Crippen LogP contribution in [-0.2, 0) is 4.79 Å². The van der Waals surface area contributed by atoms with Gasteiger partial charge in [0.25, 0.3) is 0 Å². The highest BCUT2D eigenvalue weighted by Gasteiger charge is 2.42. The Morgan fingerprint density at radius 1 is 1.17 bits per heavy atom. The summed E-state index contributed by atoms with van der Waals surface area (Å²) < 4.78 is 73.8. The zero-order chi connectivity index (χ0) is 14.4. The average molecular weight is 296 g/mol. The molecule has 1 nitrogen and oxygen atoms in total. The summed E-state index contributed by atoms with van der Waals surface area (Å²) in [4.78, 5) is 10.8. The Morgan fingerprint density at radius 3 is 2.17 bits per heavy atom. The van der Waals surface area contributed by atoms with Gasteiger partial charge in [-0.25, -0.2) is 13.2 Å². The Bertz CT molecular complexity index is 266. The molecule has 0 saturated carbocycles. The highest BCUT2D eigenvalue weighted by Crippen LogP contribution is 2.32. The maximum Gasteiger partial charge on any atom is 0.419 e. The molecule has 0 aliphatic carbocycles. The molecule has 0 amide bonds. The Balaban J connectivity index is 3.97. The molecule has 0 fully saturated rings. The molecular formula is C10H14F6OS. The fourth-order valence-electron chi connectivity index (χ4n) is 1.04. The monoisotopic (exact) mass is 296 g/mol. The van der Waals surface area contributed by atoms with Crippen molar-refractivity contribution < 1.29 is 31.1 Å². The van der Waals surface area contributed by atoms with Crippen molar-refractivity contribution in [2.75, 3.05) is 5.75 Å². The van der Waals surface area contributed by atoms with Crippen molar-refractivity contribution in [3.8, 4) is 0 Å². The van der Waals surface area contributed by atoms with Gasteiger partial charge in [-0.15, -0.1) is 0 Å². The van der Waals surface area contributed by atoms with Crippen molar-refractivity contribution in [3.63, 3.8) is 0 Å². The minimum atomic E-state index is -5.09. The molecule has 1 unspecified atom stereocenters. The predicted molar refractivity (Wildman–Crippen MR) is 57.5 cm³/mol. The van der Waals surface area contributed by atoms with Crippen LogP contribution in [0.25, 0.3) is 0 Å². The third-order valence-corrected chi connectivity index (χ3v) is 3.16. The van der Waals surface area contributed by atoms with Gasteiger partial charge in [0.05, 0.1) is 0 Å². The van der Waals surface area contributed by atoms with Gasteiger partial charge < -0.3 is 0 Å². The molecule has 1 atom stereocenters. The maximum atomic E-state index is 13.1. The van der Waals surface area contributed by atoms with Crippen LogP contribution in [0.2, 0.25) is 0 Å². The zero-order valence-electron chi connectivity index (χ0n) is 9.70. The van der Waals surface area contributed by atoms with Crippen LogP contribution >= 0.6 is 11.8 Å². The number of rotatable bonds is 7. The first-order valence-corrected chi connectivity index (χ1v) is 6.31. The van der Waals surface area contributed by atoms with Crippen molar-refractivity contribution >= 4 is 16.9 Å². The number of halogens is 6. The van der Waals surface area contributed by atoms with Gasteiger partial charge in [0.15, 0.2) is 11.3 Å². The van der Waals surface area contributed by atoms with E-state index < -0.39 is 37.5 Å². The number of alkyl halides is 6. The standard InChI is InChI=1S/C10H14F6OS/c1-2-8(17)18-6-5-9(12,13)4-3-7(11)10(14,15)16/h7H,2-6H2,1H3. The van der Waals surface area contributed by atoms with Crippen LogP contribution in [0.4, 0.5) is 26.3 Å². The largest absolute Gasteiger partial charge is 0.419 e. The minimum Gasteiger partial charge on any atom is -0.287 e. The summed E-state index contributed by atoms with van der Waals surface area (Å²) >= 11 is 0.708. The van der Waals surface area contributed by atoms with Crippen LogP contribution in [0, 0.1) is 0 Å². The highest BCUT2D eigenvalue weighted by atomic mass is 32.2. The second kappa shape index (κ2) is 7.25. The smallest absolute Gasteiger partial charge is 0.287 e. The summed E-state index contributed by atoms with van der Waals surface area (Å²) in [6.07, 6.45) is -11.3. The summed E-state index contributed by atoms with van der Waals surface area (Å²) in [6.45, 7) is 1.57. The minimum absolute atomic E-state index is 0.178. The lowest BCUT2D eigenvalue weighted by Crippen LogP contribution is -2.27. The number of thioether (sulfide) groups is 1. The molecule has 0 bridgehead atoms. The topological polar surface area (TPSA) is 17.1 Å². The van der Waals surface area contributed by atoms with E-state index in [1.165, 1.54) is 0 Å². The Hall–Kier alpha value is -0.400. The van der Waals surface area contributed by atoms with E-state index in [4.69, 9.17) is 0 Å². The van der Waals surface area contributed by atoms with Crippen molar-refractivity contribution in [3.05, 3.63) is 0 Å². The quantitative estimate of drug-likeness (QED) is 0.649. The van der Waals surface area contributed by atoms with Gasteiger partial charge in [-0.1, -0.05) is 18.7 Å². The molecule has 0 saturated heterocycles. The van der Waals surface area contributed by atoms with Crippen LogP contribution in [0.15, 0.2) is 0 Å². The Morgan fingerprint density at radius 2 is 1.72 bits per heavy atom. The highest BCUT2D eigenvalue weighted by molar-refractivity contribution is 8.13. The van der Waals surface area contributed by atoms with E-state index in [1.54, 1.807) is 6.92 Å². The lowest BCUT2D eigenvalue weighted by molar-refractivity contribution is -0.185. The Kier molecular flexibility index (Phi) is 7.09. The van der Waals surface area contributed by atoms with Gasteiger partial charge in [0.1, 0.15) is 0 Å². The van der Waals surface area contributed by atoms with E-state index in [0.717, 1.165) is 0 Å². The molecule has 0 heterocycles. The fourth-order valence-corrected chi connectivity index (χ4v) is 1.88. The predicted octanol–water partition coefficient (Wildman–Crippen LogP) is 4.36. The van der Waals surface area contributed by atoms with Crippen molar-refractivity contribution in [1.82, 2.24) is 0 Å². The molecular weight excluding hydrogens is 282 g/mol. The Labute approximate surface area is 105 Å². The van der Waals surface area contributed by atoms with Crippen LogP contribution < -0.4 is 0 Å². The molecule has 0 radical (unpaired) electrons. The summed E-state index contributed by atoms with van der Waals surface area (Å²) in [5.74, 6) is -3.56. The van der Waals surface area contributed by atoms with E-state index in [-0.39, 0.29) is 17.3 Å². The van der Waals surface area contributed by atoms with Gasteiger partial charge in [0.2, 0.25) is 5.92 Å². The van der Waals surface area contributed by atoms with Crippen LogP contribution in [-0.4, -0.2) is 29.1 Å². The van der Waals surface area contributed by atoms with Gasteiger partial charge in [-0.05, 0) is 6.42 Å². The second-order valence-corrected chi connectivity index (χ2v) is 4.88. The van der Waals surface area contributed by atoms with Crippen molar-refractivity contribution in [2.24, 2.45) is 0 Å². The van der Waals surface area contributed by atoms with Crippen LogP contribution in [0.5, 0.6) is 0 Å². The molecule has 0 aliphatic rings. The first kappa shape index (κ1) is 17.6. The van der Waals surface area contributed by atoms with Gasteiger partial charge >= 0.3 is 6.18 Å². The number of carbonyl (C=O) groups is 1.